The SMILES string of the molecule is Cc1nn(C)c(C)c1C(C)NC(=O)c1cc(=O)[nH]c2ccccc12. The number of carbonyl (C=O) groups is 1. The summed E-state index contributed by atoms with van der Waals surface area (Å²) in [6.07, 6.45) is 0. The Balaban J connectivity index is 1.97. The summed E-state index contributed by atoms with van der Waals surface area (Å²) in [5.74, 6) is -0.271. The van der Waals surface area contributed by atoms with Crippen LogP contribution in [0.5, 0.6) is 0 Å². The van der Waals surface area contributed by atoms with Crippen molar-refractivity contribution in [3.05, 3.63) is 63.2 Å². The number of nitrogens with one attached hydrogen (secondary N) is 2. The maximum atomic E-state index is 12.7. The molecule has 2 N–H and O–H groups in total. The van der Waals surface area contributed by atoms with Crippen molar-refractivity contribution in [2.45, 2.75) is 26.8 Å². The number of nitrogens with zero attached hydrogens (tertiary/aromatic N) is 2. The van der Waals surface area contributed by atoms with Gasteiger partial charge in [-0.1, -0.05) is 18.2 Å². The van der Waals surface area contributed by atoms with Gasteiger partial charge in [-0.3, -0.25) is 14.3 Å². The average molecular weight is 324 g/mol. The monoisotopic (exact) mass is 324 g/mol. The van der Waals surface area contributed by atoms with E-state index in [9.17, 15) is 9.59 Å². The zero-order valence-electron chi connectivity index (χ0n) is 14.2. The number of pyridine rings is 1. The highest BCUT2D eigenvalue weighted by molar-refractivity contribution is 6.06. The number of fused-ring (bicyclic) bond motifs is 1. The molecule has 1 amide bonds. The third-order valence-electron chi connectivity index (χ3n) is 4.34. The van der Waals surface area contributed by atoms with Gasteiger partial charge in [0.15, 0.2) is 0 Å². The number of H-pyrrole nitrogens is 1. The number of aromatic nitrogens is 3. The molecule has 0 saturated carbocycles. The van der Waals surface area contributed by atoms with Crippen molar-refractivity contribution >= 4 is 16.8 Å². The number of para-hydroxylation sites is 1. The van der Waals surface area contributed by atoms with Gasteiger partial charge in [-0.25, -0.2) is 0 Å². The fraction of sp³-hybridized carbons (Fsp3) is 0.278. The summed E-state index contributed by atoms with van der Waals surface area (Å²) in [5.41, 5.74) is 3.63. The van der Waals surface area contributed by atoms with Gasteiger partial charge in [0.05, 0.1) is 17.3 Å². The lowest BCUT2D eigenvalue weighted by molar-refractivity contribution is 0.0941. The Labute approximate surface area is 139 Å². The van der Waals surface area contributed by atoms with Crippen LogP contribution in [0.1, 0.15) is 40.3 Å². The van der Waals surface area contributed by atoms with Gasteiger partial charge < -0.3 is 10.3 Å². The number of amides is 1. The number of hydrogen-bond acceptors (Lipinski definition) is 3. The number of rotatable bonds is 3. The van der Waals surface area contributed by atoms with Crippen molar-refractivity contribution in [1.29, 1.82) is 0 Å². The molecule has 3 rings (SSSR count). The van der Waals surface area contributed by atoms with E-state index in [1.54, 1.807) is 10.7 Å². The molecule has 1 aromatic carbocycles. The maximum Gasteiger partial charge on any atom is 0.252 e. The summed E-state index contributed by atoms with van der Waals surface area (Å²) in [7, 11) is 1.88. The summed E-state index contributed by atoms with van der Waals surface area (Å²) in [6.45, 7) is 5.82. The van der Waals surface area contributed by atoms with Crippen LogP contribution in [0.25, 0.3) is 10.9 Å². The second kappa shape index (κ2) is 5.96. The minimum Gasteiger partial charge on any atom is -0.345 e. The zero-order chi connectivity index (χ0) is 17.4. The van der Waals surface area contributed by atoms with Crippen molar-refractivity contribution in [3.8, 4) is 0 Å². The molecule has 1 unspecified atom stereocenters. The molecule has 2 aromatic heterocycles. The van der Waals surface area contributed by atoms with Gasteiger partial charge in [-0.15, -0.1) is 0 Å². The summed E-state index contributed by atoms with van der Waals surface area (Å²) >= 11 is 0. The van der Waals surface area contributed by atoms with Crippen LogP contribution in [-0.2, 0) is 7.05 Å². The van der Waals surface area contributed by atoms with E-state index in [0.29, 0.717) is 11.1 Å². The van der Waals surface area contributed by atoms with Gasteiger partial charge in [0.25, 0.3) is 5.91 Å². The minimum absolute atomic E-state index is 0.204. The van der Waals surface area contributed by atoms with Crippen molar-refractivity contribution in [2.24, 2.45) is 7.05 Å². The third kappa shape index (κ3) is 2.71. The van der Waals surface area contributed by atoms with E-state index in [4.69, 9.17) is 0 Å². The van der Waals surface area contributed by atoms with Crippen molar-refractivity contribution in [1.82, 2.24) is 20.1 Å². The quantitative estimate of drug-likeness (QED) is 0.776. The highest BCUT2D eigenvalue weighted by Gasteiger charge is 2.20. The molecule has 0 radical (unpaired) electrons. The maximum absolute atomic E-state index is 12.7. The second-order valence-corrected chi connectivity index (χ2v) is 6.00. The van der Waals surface area contributed by atoms with E-state index in [1.807, 2.05) is 46.0 Å². The van der Waals surface area contributed by atoms with Crippen LogP contribution in [0.15, 0.2) is 35.1 Å². The molecule has 24 heavy (non-hydrogen) atoms. The molecule has 2 heterocycles. The van der Waals surface area contributed by atoms with Crippen LogP contribution in [0.4, 0.5) is 0 Å². The highest BCUT2D eigenvalue weighted by atomic mass is 16.2. The number of benzene rings is 1. The van der Waals surface area contributed by atoms with Gasteiger partial charge in [-0.2, -0.15) is 5.10 Å². The Hall–Kier alpha value is -2.89. The fourth-order valence-electron chi connectivity index (χ4n) is 3.16. The van der Waals surface area contributed by atoms with E-state index >= 15 is 0 Å². The lowest BCUT2D eigenvalue weighted by Gasteiger charge is -2.15. The Morgan fingerprint density at radius 1 is 1.29 bits per heavy atom. The Morgan fingerprint density at radius 2 is 2.00 bits per heavy atom. The van der Waals surface area contributed by atoms with Gasteiger partial charge in [-0.05, 0) is 26.8 Å². The lowest BCUT2D eigenvalue weighted by Crippen LogP contribution is -2.28. The topological polar surface area (TPSA) is 79.8 Å². The van der Waals surface area contributed by atoms with Gasteiger partial charge in [0, 0.05) is 35.3 Å². The molecule has 0 fully saturated rings. The first kappa shape index (κ1) is 16.0. The predicted molar refractivity (Wildman–Crippen MR) is 93.1 cm³/mol. The molecule has 0 spiro atoms. The van der Waals surface area contributed by atoms with Crippen LogP contribution in [0.3, 0.4) is 0 Å². The molecule has 6 nitrogen and oxygen atoms in total. The van der Waals surface area contributed by atoms with Gasteiger partial charge in [0.2, 0.25) is 5.56 Å². The number of aromatic amines is 1. The van der Waals surface area contributed by atoms with Crippen LogP contribution >= 0.6 is 0 Å². The minimum atomic E-state index is -0.291. The van der Waals surface area contributed by atoms with Gasteiger partial charge >= 0.3 is 0 Å². The average Bonchev–Trinajstić information content (AvgIpc) is 2.78. The van der Waals surface area contributed by atoms with Crippen molar-refractivity contribution in [3.63, 3.8) is 0 Å². The Morgan fingerprint density at radius 3 is 2.67 bits per heavy atom. The first-order valence-electron chi connectivity index (χ1n) is 7.81. The number of hydrogen-bond donors (Lipinski definition) is 2. The van der Waals surface area contributed by atoms with E-state index in [2.05, 4.69) is 15.4 Å². The molecule has 0 bridgehead atoms. The summed E-state index contributed by atoms with van der Waals surface area (Å²) in [4.78, 5) is 27.3. The predicted octanol–water partition coefficient (Wildman–Crippen LogP) is 2.37. The molecule has 3 aromatic rings. The summed E-state index contributed by atoms with van der Waals surface area (Å²) in [6, 6.07) is 8.41. The van der Waals surface area contributed by atoms with Crippen LogP contribution < -0.4 is 10.9 Å². The standard InChI is InChI=1S/C18H20N4O2/c1-10(17-11(2)21-22(4)12(17)3)19-18(24)14-9-16(23)20-15-8-6-5-7-13(14)15/h5-10H,1-4H3,(H,19,24)(H,20,23). The van der Waals surface area contributed by atoms with Crippen molar-refractivity contribution in [2.75, 3.05) is 0 Å². The highest BCUT2D eigenvalue weighted by Crippen LogP contribution is 2.22. The van der Waals surface area contributed by atoms with Crippen LogP contribution in [0.2, 0.25) is 0 Å². The van der Waals surface area contributed by atoms with E-state index in [1.165, 1.54) is 6.07 Å². The van der Waals surface area contributed by atoms with Crippen LogP contribution in [0, 0.1) is 13.8 Å². The Bertz CT molecular complexity index is 984. The largest absolute Gasteiger partial charge is 0.345 e. The molecule has 0 aliphatic rings. The smallest absolute Gasteiger partial charge is 0.252 e. The first-order valence-corrected chi connectivity index (χ1v) is 7.81. The van der Waals surface area contributed by atoms with Crippen LogP contribution in [-0.4, -0.2) is 20.7 Å². The summed E-state index contributed by atoms with van der Waals surface area (Å²) < 4.78 is 1.80. The molecule has 0 aliphatic heterocycles. The fourth-order valence-corrected chi connectivity index (χ4v) is 3.16. The molecule has 6 heteroatoms. The lowest BCUT2D eigenvalue weighted by atomic mass is 10.0. The first-order chi connectivity index (χ1) is 11.4. The van der Waals surface area contributed by atoms with Gasteiger partial charge in [0.1, 0.15) is 0 Å². The molecular formula is C18H20N4O2. The number of carbonyl (C=O) groups excluding carboxylic acids is 1. The normalized spacial score (nSPS) is 12.3. The van der Waals surface area contributed by atoms with Crippen molar-refractivity contribution < 1.29 is 4.79 Å². The van der Waals surface area contributed by atoms with E-state index in [-0.39, 0.29) is 17.5 Å². The molecule has 124 valence electrons. The second-order valence-electron chi connectivity index (χ2n) is 6.00. The summed E-state index contributed by atoms with van der Waals surface area (Å²) in [5, 5.41) is 8.09. The van der Waals surface area contributed by atoms with E-state index in [0.717, 1.165) is 22.3 Å². The molecular weight excluding hydrogens is 304 g/mol. The molecule has 0 saturated heterocycles. The molecule has 1 atom stereocenters. The Kier molecular flexibility index (Phi) is 3.97. The molecule has 0 aliphatic carbocycles. The van der Waals surface area contributed by atoms with E-state index < -0.39 is 0 Å². The zero-order valence-corrected chi connectivity index (χ0v) is 14.2. The number of aryl methyl sites for hydroxylation is 2. The third-order valence-corrected chi connectivity index (χ3v) is 4.34.